The normalized spacial score (nSPS) is 14.8. The van der Waals surface area contributed by atoms with Gasteiger partial charge in [0.2, 0.25) is 47.3 Å². The fourth-order valence-electron chi connectivity index (χ4n) is 15.0. The highest BCUT2D eigenvalue weighted by atomic mass is 16.6. The molecular formula is C96H120N16O16. The Morgan fingerprint density at radius 3 is 1.51 bits per heavy atom. The van der Waals surface area contributed by atoms with Crippen molar-refractivity contribution in [1.82, 2.24) is 71.1 Å². The first-order chi connectivity index (χ1) is 60.5. The van der Waals surface area contributed by atoms with E-state index in [1.165, 1.54) is 10.8 Å². The quantitative estimate of drug-likeness (QED) is 0.00742. The molecule has 0 spiro atoms. The van der Waals surface area contributed by atoms with Gasteiger partial charge in [-0.05, 0) is 166 Å². The zero-order valence-electron chi connectivity index (χ0n) is 75.1. The van der Waals surface area contributed by atoms with Crippen LogP contribution in [0.4, 0.5) is 9.59 Å². The number of aliphatic carboxylic acids is 1. The van der Waals surface area contributed by atoms with Gasteiger partial charge in [-0.25, -0.2) is 29.3 Å². The molecule has 0 bridgehead atoms. The number of benzene rings is 6. The first-order valence-corrected chi connectivity index (χ1v) is 43.0. The lowest BCUT2D eigenvalue weighted by Gasteiger charge is -2.37. The number of aromatic nitrogens is 5. The number of imide groups is 1. The van der Waals surface area contributed by atoms with Gasteiger partial charge >= 0.3 is 18.2 Å². The van der Waals surface area contributed by atoms with Gasteiger partial charge in [0.1, 0.15) is 76.4 Å². The molecule has 3 aromatic heterocycles. The van der Waals surface area contributed by atoms with Crippen LogP contribution in [0.2, 0.25) is 0 Å². The van der Waals surface area contributed by atoms with Crippen molar-refractivity contribution in [3.05, 3.63) is 246 Å². The molecule has 0 saturated carbocycles. The van der Waals surface area contributed by atoms with E-state index in [2.05, 4.69) is 47.5 Å². The van der Waals surface area contributed by atoms with E-state index >= 15 is 28.8 Å². The highest BCUT2D eigenvalue weighted by Gasteiger charge is 2.46. The number of amides is 9. The fourth-order valence-corrected chi connectivity index (χ4v) is 15.0. The van der Waals surface area contributed by atoms with E-state index in [1.807, 2.05) is 147 Å². The van der Waals surface area contributed by atoms with Crippen LogP contribution in [0, 0.1) is 11.3 Å². The van der Waals surface area contributed by atoms with Crippen molar-refractivity contribution in [2.45, 2.75) is 238 Å². The molecule has 9 amide bonds. The molecule has 12 N–H and O–H groups in total. The molecular weight excluding hydrogens is 1630 g/mol. The van der Waals surface area contributed by atoms with Gasteiger partial charge < -0.3 is 81.5 Å². The summed E-state index contributed by atoms with van der Waals surface area (Å²) in [5, 5.41) is 40.6. The molecule has 1 aliphatic heterocycles. The minimum atomic E-state index is -1.77. The molecule has 128 heavy (non-hydrogen) atoms. The lowest BCUT2D eigenvalue weighted by molar-refractivity contribution is -0.142. The Morgan fingerprint density at radius 2 is 0.977 bits per heavy atom. The summed E-state index contributed by atoms with van der Waals surface area (Å²) in [5.41, 5.74) is 5.72. The van der Waals surface area contributed by atoms with Crippen molar-refractivity contribution in [3.8, 4) is 5.75 Å². The summed E-state index contributed by atoms with van der Waals surface area (Å²) in [6.45, 7) is 24.1. The summed E-state index contributed by atoms with van der Waals surface area (Å²) in [4.78, 5) is 174. The zero-order valence-corrected chi connectivity index (χ0v) is 75.1. The average molecular weight is 1750 g/mol. The van der Waals surface area contributed by atoms with Gasteiger partial charge in [0.15, 0.2) is 5.96 Å². The Kier molecular flexibility index (Phi) is 32.2. The van der Waals surface area contributed by atoms with Crippen LogP contribution < -0.4 is 53.0 Å². The number of nitrogens with two attached hydrogens (primary N) is 1. The summed E-state index contributed by atoms with van der Waals surface area (Å²) >= 11 is 0. The topological polar surface area (TPSA) is 435 Å². The Hall–Kier alpha value is -13.5. The van der Waals surface area contributed by atoms with E-state index in [0.717, 1.165) is 27.2 Å². The zero-order chi connectivity index (χ0) is 93.0. The van der Waals surface area contributed by atoms with E-state index in [0.29, 0.717) is 40.0 Å². The minimum Gasteiger partial charge on any atom is -0.488 e. The summed E-state index contributed by atoms with van der Waals surface area (Å²) in [6, 6.07) is 39.4. The van der Waals surface area contributed by atoms with Crippen molar-refractivity contribution in [2.24, 2.45) is 11.7 Å². The van der Waals surface area contributed by atoms with Crippen LogP contribution in [-0.2, 0) is 95.1 Å². The summed E-state index contributed by atoms with van der Waals surface area (Å²) in [6.07, 6.45) is 4.49. The highest BCUT2D eigenvalue weighted by molar-refractivity contribution is 6.03. The Bertz CT molecular complexity index is 5260. The van der Waals surface area contributed by atoms with Crippen LogP contribution in [0.3, 0.4) is 0 Å². The summed E-state index contributed by atoms with van der Waals surface area (Å²) < 4.78 is 29.0. The maximum atomic E-state index is 16.2. The van der Waals surface area contributed by atoms with Gasteiger partial charge in [-0.2, -0.15) is 0 Å². The third-order valence-corrected chi connectivity index (χ3v) is 20.8. The van der Waals surface area contributed by atoms with Crippen LogP contribution >= 0.6 is 0 Å². The van der Waals surface area contributed by atoms with Crippen LogP contribution in [-0.4, -0.2) is 189 Å². The van der Waals surface area contributed by atoms with Gasteiger partial charge in [-0.1, -0.05) is 166 Å². The third-order valence-electron chi connectivity index (χ3n) is 20.8. The second kappa shape index (κ2) is 42.6. The smallest absolute Gasteiger partial charge is 0.419 e. The standard InChI is InChI=1S/C96H120N16O16/c1-60(2)48-72(81(114)102-71(88(121)122)39-29-47-99-89(97)98)103-84(117)75(51-67-55-109(58-100-67)53-62-30-19-15-20-31-62)106-82(115)73(49-61-41-43-69(44-42-61)126-93(6,7)8)104-86(119)77(57-125-92(3,4)5)108-83(116)74(50-63-54-111(90(123)127-94(9,10)11)78-40-28-27-38-70(63)78)105-85(118)76(107-87(120)79-45-46-80(113)112(79)91(124)128-95(12,13)14)52-68-56-110(59-101-68)96(64-32-21-16-22-33-64,65-34-23-17-24-35-65)66-36-25-18-26-37-66/h15-28,30-38,40-44,54-56,58-60,71-77,79H,29,39,45-53,57H2,1-14H3,(H,102,114)(H,103,117)(H,104,119)(H,105,118)(H,106,115)(H,107,120)(H,108,116)(H,121,122)(H4,97,98,99)/t71-,72-,73-,74-,75+,76-,77-,79-/m0/s1. The molecule has 32 heteroatoms. The second-order valence-electron chi connectivity index (χ2n) is 36.4. The van der Waals surface area contributed by atoms with E-state index in [4.69, 9.17) is 35.1 Å². The summed E-state index contributed by atoms with van der Waals surface area (Å²) in [5.74, 6) is -8.83. The highest BCUT2D eigenvalue weighted by Crippen LogP contribution is 2.41. The molecule has 0 unspecified atom stereocenters. The molecule has 0 radical (unpaired) electrons. The van der Waals surface area contributed by atoms with Crippen LogP contribution in [0.5, 0.6) is 5.75 Å². The lowest BCUT2D eigenvalue weighted by atomic mass is 9.77. The number of carboxylic acids is 1. The number of carbonyl (C=O) groups is 11. The number of carboxylic acid groups (broad SMARTS) is 1. The maximum Gasteiger partial charge on any atom is 0.419 e. The molecule has 10 rings (SSSR count). The van der Waals surface area contributed by atoms with E-state index in [9.17, 15) is 29.1 Å². The molecule has 1 aliphatic rings. The first kappa shape index (κ1) is 96.7. The van der Waals surface area contributed by atoms with Crippen molar-refractivity contribution < 1.29 is 76.8 Å². The molecule has 6 aromatic carbocycles. The van der Waals surface area contributed by atoms with E-state index in [-0.39, 0.29) is 69.1 Å². The average Bonchev–Trinajstić information content (AvgIpc) is 1.76. The van der Waals surface area contributed by atoms with Crippen molar-refractivity contribution in [3.63, 3.8) is 0 Å². The van der Waals surface area contributed by atoms with Crippen molar-refractivity contribution in [1.29, 1.82) is 5.41 Å². The van der Waals surface area contributed by atoms with E-state index in [1.54, 1.807) is 154 Å². The molecule has 9 aromatic rings. The third kappa shape index (κ3) is 27.3. The molecule has 4 heterocycles. The maximum absolute atomic E-state index is 16.2. The number of likely N-dealkylation sites (tertiary alicyclic amines) is 1. The van der Waals surface area contributed by atoms with Crippen LogP contribution in [0.25, 0.3) is 10.9 Å². The van der Waals surface area contributed by atoms with Crippen molar-refractivity contribution in [2.75, 3.05) is 13.2 Å². The van der Waals surface area contributed by atoms with E-state index < -0.39 is 161 Å². The van der Waals surface area contributed by atoms with Gasteiger partial charge in [-0.15, -0.1) is 0 Å². The Balaban J connectivity index is 1.05. The number of nitrogens with one attached hydrogen (secondary N) is 9. The van der Waals surface area contributed by atoms with Gasteiger partial charge in [0.05, 0.1) is 41.8 Å². The number of hydrogen-bond donors (Lipinski definition) is 11. The number of rotatable bonds is 38. The first-order valence-electron chi connectivity index (χ1n) is 43.0. The monoisotopic (exact) mass is 1750 g/mol. The number of para-hydroxylation sites is 1. The SMILES string of the molecule is CC(C)C[C@H](NC(=O)[C@@H](Cc1cn(Cc2ccccc2)cn1)NC(=O)[C@H](Cc1ccc(OC(C)(C)C)cc1)NC(=O)[C@H](COC(C)(C)C)NC(=O)[C@H](Cc1cn(C(=O)OC(C)(C)C)c2ccccc12)NC(=O)[C@H](Cc1cn(C(c2ccccc2)(c2ccccc2)c2ccccc2)cn1)NC(=O)[C@@H]1CCC(=O)N1C(=O)OC(C)(C)C)C(=O)N[C@@H](CCCNC(=N)N)C(=O)O. The molecule has 0 aliphatic carbocycles. The number of imidazole rings is 2. The van der Waals surface area contributed by atoms with Gasteiger partial charge in [0.25, 0.3) is 0 Å². The number of hydrogen-bond acceptors (Lipinski definition) is 18. The molecule has 8 atom stereocenters. The predicted octanol–water partition coefficient (Wildman–Crippen LogP) is 9.68. The number of carbonyl (C=O) groups excluding carboxylic acids is 10. The minimum absolute atomic E-state index is 0.00388. The molecule has 1 saturated heterocycles. The number of ether oxygens (including phenoxy) is 4. The van der Waals surface area contributed by atoms with Crippen LogP contribution in [0.1, 0.15) is 174 Å². The van der Waals surface area contributed by atoms with Gasteiger partial charge in [0, 0.05) is 69.2 Å². The molecule has 1 fully saturated rings. The van der Waals surface area contributed by atoms with Crippen LogP contribution in [0.15, 0.2) is 201 Å². The number of guanidine groups is 1. The van der Waals surface area contributed by atoms with Gasteiger partial charge in [-0.3, -0.25) is 48.3 Å². The predicted molar refractivity (Wildman–Crippen MR) is 481 cm³/mol. The largest absolute Gasteiger partial charge is 0.488 e. The summed E-state index contributed by atoms with van der Waals surface area (Å²) in [7, 11) is 0. The fraction of sp³-hybridized carbons (Fsp3) is 0.417. The molecule has 680 valence electrons. The molecule has 32 nitrogen and oxygen atoms in total. The van der Waals surface area contributed by atoms with Crippen molar-refractivity contribution >= 4 is 82.3 Å². The number of fused-ring (bicyclic) bond motifs is 1. The Labute approximate surface area is 745 Å². The second-order valence-corrected chi connectivity index (χ2v) is 36.4. The number of nitrogens with zero attached hydrogens (tertiary/aromatic N) is 6. The Morgan fingerprint density at radius 1 is 0.508 bits per heavy atom. The lowest BCUT2D eigenvalue weighted by Crippen LogP contribution is -2.62.